The minimum absolute atomic E-state index is 0.129. The van der Waals surface area contributed by atoms with Crippen molar-refractivity contribution in [3.63, 3.8) is 0 Å². The number of rotatable bonds is 4. The molecule has 7 nitrogen and oxygen atoms in total. The summed E-state index contributed by atoms with van der Waals surface area (Å²) >= 11 is 0. The number of hydrogen-bond acceptors (Lipinski definition) is 5. The topological polar surface area (TPSA) is 93.7 Å². The predicted octanol–water partition coefficient (Wildman–Crippen LogP) is 2.90. The predicted molar refractivity (Wildman–Crippen MR) is 99.9 cm³/mol. The Morgan fingerprint density at radius 3 is 2.70 bits per heavy atom. The first-order valence-corrected chi connectivity index (χ1v) is 8.53. The minimum atomic E-state index is -1.79. The van der Waals surface area contributed by atoms with Crippen LogP contribution in [0.4, 0.5) is 11.4 Å². The molecule has 2 amide bonds. The number of nitrogens with one attached hydrogen (secondary N) is 2. The van der Waals surface area contributed by atoms with Gasteiger partial charge in [-0.3, -0.25) is 9.59 Å². The third kappa shape index (κ3) is 3.62. The van der Waals surface area contributed by atoms with Crippen LogP contribution in [-0.2, 0) is 14.3 Å². The van der Waals surface area contributed by atoms with Crippen molar-refractivity contribution in [2.45, 2.75) is 26.4 Å². The third-order valence-corrected chi connectivity index (χ3v) is 4.18. The van der Waals surface area contributed by atoms with E-state index >= 15 is 0 Å². The van der Waals surface area contributed by atoms with E-state index in [4.69, 9.17) is 9.47 Å². The second-order valence-electron chi connectivity index (χ2n) is 6.34. The van der Waals surface area contributed by atoms with Gasteiger partial charge >= 0.3 is 5.97 Å². The Morgan fingerprint density at radius 1 is 1.22 bits per heavy atom. The monoisotopic (exact) mass is 368 g/mol. The zero-order valence-corrected chi connectivity index (χ0v) is 15.3. The van der Waals surface area contributed by atoms with Crippen LogP contribution < -0.4 is 15.4 Å². The first-order chi connectivity index (χ1) is 12.8. The van der Waals surface area contributed by atoms with Gasteiger partial charge < -0.3 is 20.1 Å². The molecule has 0 spiro atoms. The minimum Gasteiger partial charge on any atom is -0.464 e. The van der Waals surface area contributed by atoms with Gasteiger partial charge in [0.05, 0.1) is 12.3 Å². The fourth-order valence-corrected chi connectivity index (χ4v) is 2.69. The number of amides is 2. The van der Waals surface area contributed by atoms with E-state index in [0.29, 0.717) is 16.9 Å². The van der Waals surface area contributed by atoms with Gasteiger partial charge in [-0.2, -0.15) is 0 Å². The molecule has 0 radical (unpaired) electrons. The van der Waals surface area contributed by atoms with Crippen molar-refractivity contribution in [1.82, 2.24) is 0 Å². The first-order valence-electron chi connectivity index (χ1n) is 8.53. The average molecular weight is 368 g/mol. The van der Waals surface area contributed by atoms with E-state index in [9.17, 15) is 14.4 Å². The number of aryl methyl sites for hydroxylation is 1. The lowest BCUT2D eigenvalue weighted by Crippen LogP contribution is -2.55. The molecule has 2 aromatic carbocycles. The zero-order chi connectivity index (χ0) is 19.6. The molecule has 140 valence electrons. The average Bonchev–Trinajstić information content (AvgIpc) is 2.63. The van der Waals surface area contributed by atoms with E-state index in [1.54, 1.807) is 43.3 Å². The number of ether oxygens (including phenoxy) is 2. The van der Waals surface area contributed by atoms with Crippen LogP contribution in [-0.4, -0.2) is 30.0 Å². The van der Waals surface area contributed by atoms with Crippen molar-refractivity contribution >= 4 is 29.2 Å². The van der Waals surface area contributed by atoms with Crippen molar-refractivity contribution in [2.24, 2.45) is 0 Å². The zero-order valence-electron chi connectivity index (χ0n) is 15.3. The van der Waals surface area contributed by atoms with Gasteiger partial charge in [0.2, 0.25) is 0 Å². The van der Waals surface area contributed by atoms with Crippen LogP contribution in [0.3, 0.4) is 0 Å². The van der Waals surface area contributed by atoms with E-state index in [-0.39, 0.29) is 18.3 Å². The summed E-state index contributed by atoms with van der Waals surface area (Å²) in [4.78, 5) is 36.8. The number of hydrogen-bond donors (Lipinski definition) is 2. The molecule has 3 rings (SSSR count). The van der Waals surface area contributed by atoms with Gasteiger partial charge in [0.25, 0.3) is 17.4 Å². The highest BCUT2D eigenvalue weighted by Gasteiger charge is 2.48. The first kappa shape index (κ1) is 18.4. The number of esters is 1. The molecule has 0 bridgehead atoms. The Kier molecular flexibility index (Phi) is 4.85. The lowest BCUT2D eigenvalue weighted by molar-refractivity contribution is -0.165. The second kappa shape index (κ2) is 7.11. The third-order valence-electron chi connectivity index (χ3n) is 4.18. The van der Waals surface area contributed by atoms with Gasteiger partial charge in [0, 0.05) is 17.3 Å². The van der Waals surface area contributed by atoms with E-state index in [2.05, 4.69) is 10.6 Å². The molecule has 2 aromatic rings. The Hall–Kier alpha value is -3.35. The lowest BCUT2D eigenvalue weighted by Gasteiger charge is -2.32. The molecule has 0 aromatic heterocycles. The van der Waals surface area contributed by atoms with Crippen molar-refractivity contribution in [3.8, 4) is 5.75 Å². The SMILES string of the molecule is CCOC(=O)[C@@]1(C)Oc2cc(NC(=O)c3cccc(C)c3)ccc2NC1=O. The number of fused-ring (bicyclic) bond motifs is 1. The van der Waals surface area contributed by atoms with Crippen LogP contribution in [0.15, 0.2) is 42.5 Å². The Morgan fingerprint density at radius 2 is 2.00 bits per heavy atom. The highest BCUT2D eigenvalue weighted by molar-refractivity contribution is 6.14. The van der Waals surface area contributed by atoms with Crippen molar-refractivity contribution in [3.05, 3.63) is 53.6 Å². The van der Waals surface area contributed by atoms with Crippen LogP contribution in [0.1, 0.15) is 29.8 Å². The molecule has 2 N–H and O–H groups in total. The van der Waals surface area contributed by atoms with Crippen molar-refractivity contribution in [1.29, 1.82) is 0 Å². The summed E-state index contributed by atoms with van der Waals surface area (Å²) in [6.45, 7) is 5.03. The summed E-state index contributed by atoms with van der Waals surface area (Å²) < 4.78 is 10.6. The Labute approximate surface area is 156 Å². The summed E-state index contributed by atoms with van der Waals surface area (Å²) in [5.41, 5.74) is 0.600. The molecule has 0 saturated carbocycles. The molecular weight excluding hydrogens is 348 g/mol. The number of carbonyl (C=O) groups is 3. The number of benzene rings is 2. The quantitative estimate of drug-likeness (QED) is 0.639. The molecule has 0 saturated heterocycles. The van der Waals surface area contributed by atoms with Gasteiger partial charge in [0.15, 0.2) is 0 Å². The van der Waals surface area contributed by atoms with Crippen LogP contribution >= 0.6 is 0 Å². The maximum Gasteiger partial charge on any atom is 0.360 e. The standard InChI is InChI=1S/C20H20N2O5/c1-4-26-19(25)20(3)18(24)22-15-9-8-14(11-16(15)27-20)21-17(23)13-7-5-6-12(2)10-13/h5-11H,4H2,1-3H3,(H,21,23)(H,22,24)/t20-/m0/s1. The molecule has 27 heavy (non-hydrogen) atoms. The fourth-order valence-electron chi connectivity index (χ4n) is 2.69. The highest BCUT2D eigenvalue weighted by Crippen LogP contribution is 2.36. The van der Waals surface area contributed by atoms with Gasteiger partial charge in [-0.1, -0.05) is 17.7 Å². The van der Waals surface area contributed by atoms with Gasteiger partial charge in [-0.05, 0) is 45.0 Å². The maximum atomic E-state index is 12.4. The molecule has 0 fully saturated rings. The number of anilines is 2. The van der Waals surface area contributed by atoms with E-state index in [1.807, 2.05) is 13.0 Å². The van der Waals surface area contributed by atoms with Gasteiger partial charge in [-0.25, -0.2) is 4.79 Å². The molecule has 0 unspecified atom stereocenters. The van der Waals surface area contributed by atoms with Crippen LogP contribution in [0, 0.1) is 6.92 Å². The van der Waals surface area contributed by atoms with E-state index in [0.717, 1.165) is 5.56 Å². The van der Waals surface area contributed by atoms with Crippen LogP contribution in [0.25, 0.3) is 0 Å². The van der Waals surface area contributed by atoms with Crippen LogP contribution in [0.5, 0.6) is 5.75 Å². The maximum absolute atomic E-state index is 12.4. The summed E-state index contributed by atoms with van der Waals surface area (Å²) in [7, 11) is 0. The molecule has 1 aliphatic rings. The summed E-state index contributed by atoms with van der Waals surface area (Å²) in [6, 6.07) is 12.0. The van der Waals surface area contributed by atoms with Gasteiger partial charge in [0.1, 0.15) is 5.75 Å². The number of carbonyl (C=O) groups excluding carboxylic acids is 3. The summed E-state index contributed by atoms with van der Waals surface area (Å²) in [5.74, 6) is -1.38. The van der Waals surface area contributed by atoms with Crippen LogP contribution in [0.2, 0.25) is 0 Å². The summed E-state index contributed by atoms with van der Waals surface area (Å²) in [6.07, 6.45) is 0. The van der Waals surface area contributed by atoms with Crippen molar-refractivity contribution < 1.29 is 23.9 Å². The Bertz CT molecular complexity index is 924. The Balaban J connectivity index is 1.84. The molecule has 1 heterocycles. The molecule has 0 aliphatic carbocycles. The second-order valence-corrected chi connectivity index (χ2v) is 6.34. The van der Waals surface area contributed by atoms with E-state index < -0.39 is 17.5 Å². The lowest BCUT2D eigenvalue weighted by atomic mass is 10.0. The largest absolute Gasteiger partial charge is 0.464 e. The molecule has 7 heteroatoms. The normalized spacial score (nSPS) is 18.0. The summed E-state index contributed by atoms with van der Waals surface area (Å²) in [5, 5.41) is 5.41. The molecule has 1 aliphatic heterocycles. The smallest absolute Gasteiger partial charge is 0.360 e. The van der Waals surface area contributed by atoms with Crippen molar-refractivity contribution in [2.75, 3.05) is 17.2 Å². The molecule has 1 atom stereocenters. The van der Waals surface area contributed by atoms with Gasteiger partial charge in [-0.15, -0.1) is 0 Å². The highest BCUT2D eigenvalue weighted by atomic mass is 16.6. The fraction of sp³-hybridized carbons (Fsp3) is 0.250. The van der Waals surface area contributed by atoms with E-state index in [1.165, 1.54) is 6.92 Å². The molecular formula is C20H20N2O5.